The molecule has 0 fully saturated rings. The molecule has 0 unspecified atom stereocenters. The maximum atomic E-state index is 12.4. The molecule has 8 heteroatoms. The van der Waals surface area contributed by atoms with Crippen molar-refractivity contribution in [3.8, 4) is 11.5 Å². The number of benzene rings is 2. The number of ether oxygens (including phenoxy) is 1. The van der Waals surface area contributed by atoms with Crippen LogP contribution in [0.1, 0.15) is 17.2 Å². The Morgan fingerprint density at radius 1 is 1.10 bits per heavy atom. The molecule has 4 aromatic rings. The number of carbonyl (C=O) groups is 1. The highest BCUT2D eigenvalue weighted by molar-refractivity contribution is 6.32. The summed E-state index contributed by atoms with van der Waals surface area (Å²) in [5.41, 5.74) is 2.42. The predicted octanol–water partition coefficient (Wildman–Crippen LogP) is 4.37. The van der Waals surface area contributed by atoms with Crippen LogP contribution in [0.25, 0.3) is 5.78 Å². The van der Waals surface area contributed by atoms with Gasteiger partial charge in [0.05, 0.1) is 11.4 Å². The van der Waals surface area contributed by atoms with Gasteiger partial charge in [-0.05, 0) is 56.3 Å². The normalized spacial score (nSPS) is 10.9. The molecule has 0 aliphatic heterocycles. The van der Waals surface area contributed by atoms with Gasteiger partial charge in [0.25, 0.3) is 5.78 Å². The van der Waals surface area contributed by atoms with Crippen molar-refractivity contribution >= 4 is 29.0 Å². The SMILES string of the molecule is Cc1cc(C)n2nc(CC(=O)Nc3ccc(Oc4ccccc4Cl)cc3)nc2n1. The zero-order chi connectivity index (χ0) is 20.4. The molecule has 2 aromatic carbocycles. The fourth-order valence-corrected chi connectivity index (χ4v) is 3.07. The van der Waals surface area contributed by atoms with E-state index in [1.807, 2.05) is 32.0 Å². The molecule has 0 radical (unpaired) electrons. The summed E-state index contributed by atoms with van der Waals surface area (Å²) < 4.78 is 7.38. The number of hydrogen-bond acceptors (Lipinski definition) is 5. The van der Waals surface area contributed by atoms with Crippen molar-refractivity contribution in [2.24, 2.45) is 0 Å². The van der Waals surface area contributed by atoms with Crippen LogP contribution in [-0.2, 0) is 11.2 Å². The van der Waals surface area contributed by atoms with E-state index >= 15 is 0 Å². The van der Waals surface area contributed by atoms with Gasteiger partial charge in [-0.1, -0.05) is 23.7 Å². The van der Waals surface area contributed by atoms with Crippen LogP contribution in [0.15, 0.2) is 54.6 Å². The Hall–Kier alpha value is -3.45. The number of rotatable bonds is 5. The minimum atomic E-state index is -0.213. The molecule has 146 valence electrons. The number of carbonyl (C=O) groups excluding carboxylic acids is 1. The van der Waals surface area contributed by atoms with Crippen molar-refractivity contribution in [3.63, 3.8) is 0 Å². The molecule has 1 N–H and O–H groups in total. The molecular formula is C21H18ClN5O2. The van der Waals surface area contributed by atoms with E-state index in [4.69, 9.17) is 16.3 Å². The number of amides is 1. The number of nitrogens with one attached hydrogen (secondary N) is 1. The summed E-state index contributed by atoms with van der Waals surface area (Å²) >= 11 is 6.10. The summed E-state index contributed by atoms with van der Waals surface area (Å²) in [6.45, 7) is 3.82. The van der Waals surface area contributed by atoms with E-state index in [2.05, 4.69) is 20.4 Å². The number of para-hydroxylation sites is 1. The summed E-state index contributed by atoms with van der Waals surface area (Å²) in [6, 6.07) is 16.2. The summed E-state index contributed by atoms with van der Waals surface area (Å²) in [6.07, 6.45) is 0.0553. The van der Waals surface area contributed by atoms with Gasteiger partial charge in [0.15, 0.2) is 5.82 Å². The van der Waals surface area contributed by atoms with E-state index < -0.39 is 0 Å². The lowest BCUT2D eigenvalue weighted by Gasteiger charge is -2.08. The van der Waals surface area contributed by atoms with E-state index in [9.17, 15) is 4.79 Å². The highest BCUT2D eigenvalue weighted by Crippen LogP contribution is 2.29. The van der Waals surface area contributed by atoms with E-state index in [1.54, 1.807) is 40.9 Å². The third kappa shape index (κ3) is 4.35. The minimum absolute atomic E-state index is 0.0553. The van der Waals surface area contributed by atoms with Crippen LogP contribution >= 0.6 is 11.6 Å². The molecule has 0 atom stereocenters. The van der Waals surface area contributed by atoms with Crippen LogP contribution in [0.3, 0.4) is 0 Å². The van der Waals surface area contributed by atoms with Crippen LogP contribution in [0.5, 0.6) is 11.5 Å². The lowest BCUT2D eigenvalue weighted by Crippen LogP contribution is -2.15. The monoisotopic (exact) mass is 407 g/mol. The maximum Gasteiger partial charge on any atom is 0.252 e. The molecule has 0 saturated carbocycles. The summed E-state index contributed by atoms with van der Waals surface area (Å²) in [7, 11) is 0. The second kappa shape index (κ2) is 7.89. The van der Waals surface area contributed by atoms with Crippen molar-refractivity contribution in [2.45, 2.75) is 20.3 Å². The second-order valence-electron chi connectivity index (χ2n) is 6.56. The van der Waals surface area contributed by atoms with Crippen molar-refractivity contribution in [3.05, 3.63) is 76.8 Å². The largest absolute Gasteiger partial charge is 0.456 e. The molecule has 2 aromatic heterocycles. The van der Waals surface area contributed by atoms with Gasteiger partial charge in [-0.3, -0.25) is 4.79 Å². The van der Waals surface area contributed by atoms with Gasteiger partial charge in [0.2, 0.25) is 5.91 Å². The molecule has 0 bridgehead atoms. The lowest BCUT2D eigenvalue weighted by atomic mass is 10.3. The molecule has 2 heterocycles. The zero-order valence-electron chi connectivity index (χ0n) is 15.9. The molecular weight excluding hydrogens is 390 g/mol. The third-order valence-corrected chi connectivity index (χ3v) is 4.50. The number of aromatic nitrogens is 4. The van der Waals surface area contributed by atoms with Crippen LogP contribution in [0, 0.1) is 13.8 Å². The Balaban J connectivity index is 1.41. The molecule has 0 aliphatic carbocycles. The smallest absolute Gasteiger partial charge is 0.252 e. The molecule has 29 heavy (non-hydrogen) atoms. The zero-order valence-corrected chi connectivity index (χ0v) is 16.6. The average molecular weight is 408 g/mol. The molecule has 7 nitrogen and oxygen atoms in total. The van der Waals surface area contributed by atoms with Gasteiger partial charge in [-0.2, -0.15) is 4.98 Å². The number of nitrogens with zero attached hydrogens (tertiary/aromatic N) is 4. The third-order valence-electron chi connectivity index (χ3n) is 4.18. The van der Waals surface area contributed by atoms with E-state index in [1.165, 1.54) is 0 Å². The lowest BCUT2D eigenvalue weighted by molar-refractivity contribution is -0.115. The van der Waals surface area contributed by atoms with Crippen molar-refractivity contribution < 1.29 is 9.53 Å². The number of aryl methyl sites for hydroxylation is 2. The second-order valence-corrected chi connectivity index (χ2v) is 6.97. The summed E-state index contributed by atoms with van der Waals surface area (Å²) in [5.74, 6) is 1.89. The Bertz CT molecular complexity index is 1190. The quantitative estimate of drug-likeness (QED) is 0.531. The van der Waals surface area contributed by atoms with Gasteiger partial charge < -0.3 is 10.1 Å². The van der Waals surface area contributed by atoms with Crippen molar-refractivity contribution in [2.75, 3.05) is 5.32 Å². The first-order valence-electron chi connectivity index (χ1n) is 9.00. The summed E-state index contributed by atoms with van der Waals surface area (Å²) in [4.78, 5) is 21.0. The number of fused-ring (bicyclic) bond motifs is 1. The fourth-order valence-electron chi connectivity index (χ4n) is 2.89. The van der Waals surface area contributed by atoms with Crippen molar-refractivity contribution in [1.82, 2.24) is 19.6 Å². The molecule has 4 rings (SSSR count). The standard InChI is InChI=1S/C21H18ClN5O2/c1-13-11-14(2)27-21(23-13)25-19(26-27)12-20(28)24-15-7-9-16(10-8-15)29-18-6-4-3-5-17(18)22/h3-11H,12H2,1-2H3,(H,24,28). The minimum Gasteiger partial charge on any atom is -0.456 e. The Kier molecular flexibility index (Phi) is 5.14. The van der Waals surface area contributed by atoms with Crippen LogP contribution in [0.4, 0.5) is 5.69 Å². The predicted molar refractivity (Wildman–Crippen MR) is 111 cm³/mol. The molecule has 0 spiro atoms. The average Bonchev–Trinajstić information content (AvgIpc) is 3.07. The van der Waals surface area contributed by atoms with E-state index in [0.29, 0.717) is 33.8 Å². The first-order chi connectivity index (χ1) is 14.0. The number of anilines is 1. The fraction of sp³-hybridized carbons (Fsp3) is 0.143. The Labute approximate surface area is 172 Å². The van der Waals surface area contributed by atoms with Crippen LogP contribution in [0.2, 0.25) is 5.02 Å². The van der Waals surface area contributed by atoms with Gasteiger partial charge in [0, 0.05) is 17.1 Å². The van der Waals surface area contributed by atoms with E-state index in [-0.39, 0.29) is 12.3 Å². The maximum absolute atomic E-state index is 12.4. The van der Waals surface area contributed by atoms with Gasteiger partial charge in [0.1, 0.15) is 11.5 Å². The van der Waals surface area contributed by atoms with Crippen molar-refractivity contribution in [1.29, 1.82) is 0 Å². The number of hydrogen-bond donors (Lipinski definition) is 1. The highest BCUT2D eigenvalue weighted by atomic mass is 35.5. The molecule has 1 amide bonds. The number of halogens is 1. The Morgan fingerprint density at radius 3 is 2.62 bits per heavy atom. The highest BCUT2D eigenvalue weighted by Gasteiger charge is 2.12. The van der Waals surface area contributed by atoms with Gasteiger partial charge in [-0.25, -0.2) is 9.50 Å². The van der Waals surface area contributed by atoms with Crippen LogP contribution in [-0.4, -0.2) is 25.5 Å². The van der Waals surface area contributed by atoms with E-state index in [0.717, 1.165) is 11.4 Å². The van der Waals surface area contributed by atoms with Crippen LogP contribution < -0.4 is 10.1 Å². The molecule has 0 saturated heterocycles. The van der Waals surface area contributed by atoms with Gasteiger partial charge >= 0.3 is 0 Å². The summed E-state index contributed by atoms with van der Waals surface area (Å²) in [5, 5.41) is 7.72. The first kappa shape index (κ1) is 18.9. The van der Waals surface area contributed by atoms with Gasteiger partial charge in [-0.15, -0.1) is 5.10 Å². The first-order valence-corrected chi connectivity index (χ1v) is 9.38. The molecule has 0 aliphatic rings. The topological polar surface area (TPSA) is 81.4 Å². The Morgan fingerprint density at radius 2 is 1.86 bits per heavy atom.